The van der Waals surface area contributed by atoms with Crippen LogP contribution in [0.5, 0.6) is 0 Å². The van der Waals surface area contributed by atoms with Gasteiger partial charge in [-0.3, -0.25) is 9.48 Å². The number of nitrogens with one attached hydrogen (secondary N) is 1. The van der Waals surface area contributed by atoms with Crippen LogP contribution in [0.15, 0.2) is 4.47 Å². The third kappa shape index (κ3) is 2.63. The summed E-state index contributed by atoms with van der Waals surface area (Å²) in [7, 11) is 1.91. The van der Waals surface area contributed by atoms with E-state index in [2.05, 4.69) is 40.2 Å². The Balaban J connectivity index is 2.21. The largest absolute Gasteiger partial charge is 0.305 e. The highest BCUT2D eigenvalue weighted by Crippen LogP contribution is 2.28. The van der Waals surface area contributed by atoms with Crippen LogP contribution in [0.4, 0.5) is 0 Å². The molecular weight excluding hydrogens is 306 g/mol. The molecule has 106 valence electrons. The summed E-state index contributed by atoms with van der Waals surface area (Å²) in [6.07, 6.45) is 4.23. The maximum atomic E-state index is 12.6. The van der Waals surface area contributed by atoms with Gasteiger partial charge in [-0.1, -0.05) is 13.8 Å². The summed E-state index contributed by atoms with van der Waals surface area (Å²) in [5, 5.41) is 7.86. The first-order chi connectivity index (χ1) is 9.04. The number of aromatic nitrogens is 2. The molecule has 2 heterocycles. The molecule has 1 aliphatic rings. The summed E-state index contributed by atoms with van der Waals surface area (Å²) in [4.78, 5) is 12.6. The van der Waals surface area contributed by atoms with Crippen molar-refractivity contribution >= 4 is 21.7 Å². The first-order valence-corrected chi connectivity index (χ1v) is 7.82. The molecule has 0 aromatic carbocycles. The summed E-state index contributed by atoms with van der Waals surface area (Å²) < 4.78 is 2.83. The predicted octanol–water partition coefficient (Wildman–Crippen LogP) is 2.39. The van der Waals surface area contributed by atoms with Gasteiger partial charge in [0.05, 0.1) is 27.8 Å². The minimum absolute atomic E-state index is 0.291. The van der Waals surface area contributed by atoms with Gasteiger partial charge < -0.3 is 5.32 Å². The molecule has 4 nitrogen and oxygen atoms in total. The number of hydrogen-bond acceptors (Lipinski definition) is 3. The van der Waals surface area contributed by atoms with Gasteiger partial charge in [0, 0.05) is 7.05 Å². The lowest BCUT2D eigenvalue weighted by molar-refractivity contribution is -0.124. The molecule has 0 saturated carbocycles. The zero-order chi connectivity index (χ0) is 14.0. The van der Waals surface area contributed by atoms with Gasteiger partial charge in [0.1, 0.15) is 0 Å². The molecule has 1 atom stereocenters. The maximum Gasteiger partial charge on any atom is 0.158 e. The van der Waals surface area contributed by atoms with Gasteiger partial charge in [-0.25, -0.2) is 0 Å². The van der Waals surface area contributed by atoms with Crippen LogP contribution in [0.1, 0.15) is 44.5 Å². The van der Waals surface area contributed by atoms with Crippen LogP contribution < -0.4 is 5.32 Å². The Morgan fingerprint density at radius 1 is 1.53 bits per heavy atom. The van der Waals surface area contributed by atoms with Gasteiger partial charge in [-0.15, -0.1) is 0 Å². The zero-order valence-electron chi connectivity index (χ0n) is 11.9. The van der Waals surface area contributed by atoms with Crippen molar-refractivity contribution in [1.82, 2.24) is 15.1 Å². The average molecular weight is 328 g/mol. The second kappa shape index (κ2) is 5.75. The van der Waals surface area contributed by atoms with Crippen molar-refractivity contribution in [1.29, 1.82) is 0 Å². The molecule has 1 aliphatic heterocycles. The normalized spacial score (nSPS) is 22.9. The highest BCUT2D eigenvalue weighted by Gasteiger charge is 2.39. The van der Waals surface area contributed by atoms with Crippen molar-refractivity contribution < 1.29 is 4.79 Å². The van der Waals surface area contributed by atoms with E-state index in [4.69, 9.17) is 0 Å². The number of ketones is 1. The summed E-state index contributed by atoms with van der Waals surface area (Å²) in [5.74, 6) is 0.291. The molecule has 19 heavy (non-hydrogen) atoms. The average Bonchev–Trinajstić information content (AvgIpc) is 2.99. The summed E-state index contributed by atoms with van der Waals surface area (Å²) >= 11 is 3.58. The lowest BCUT2D eigenvalue weighted by Gasteiger charge is -2.26. The van der Waals surface area contributed by atoms with Crippen LogP contribution in [0.3, 0.4) is 0 Å². The molecule has 0 aliphatic carbocycles. The van der Waals surface area contributed by atoms with E-state index in [0.29, 0.717) is 12.2 Å². The van der Waals surface area contributed by atoms with Crippen LogP contribution in [0.25, 0.3) is 0 Å². The third-order valence-electron chi connectivity index (χ3n) is 4.21. The van der Waals surface area contributed by atoms with Gasteiger partial charge in [0.2, 0.25) is 0 Å². The molecule has 1 N–H and O–H groups in total. The van der Waals surface area contributed by atoms with Crippen molar-refractivity contribution in [3.05, 3.63) is 15.9 Å². The Labute approximate surface area is 123 Å². The van der Waals surface area contributed by atoms with Crippen LogP contribution >= 0.6 is 15.9 Å². The number of rotatable bonds is 5. The van der Waals surface area contributed by atoms with Crippen LogP contribution in [-0.2, 0) is 24.7 Å². The SMILES string of the molecule is CCc1nn(C)c(CC(=O)C2(CC)CCCN2)c1Br. The van der Waals surface area contributed by atoms with Gasteiger partial charge in [-0.2, -0.15) is 5.10 Å². The molecule has 5 heteroatoms. The minimum atomic E-state index is -0.309. The molecule has 0 amide bonds. The second-order valence-electron chi connectivity index (χ2n) is 5.25. The van der Waals surface area contributed by atoms with Crippen molar-refractivity contribution in [3.8, 4) is 0 Å². The first-order valence-electron chi connectivity index (χ1n) is 7.02. The Morgan fingerprint density at radius 2 is 2.26 bits per heavy atom. The van der Waals surface area contributed by atoms with Crippen molar-refractivity contribution in [2.75, 3.05) is 6.54 Å². The first kappa shape index (κ1) is 14.7. The zero-order valence-corrected chi connectivity index (χ0v) is 13.5. The predicted molar refractivity (Wildman–Crippen MR) is 79.3 cm³/mol. The van der Waals surface area contributed by atoms with E-state index in [0.717, 1.165) is 48.1 Å². The molecule has 1 unspecified atom stereocenters. The fourth-order valence-electron chi connectivity index (χ4n) is 2.88. The fraction of sp³-hybridized carbons (Fsp3) is 0.714. The smallest absolute Gasteiger partial charge is 0.158 e. The lowest BCUT2D eigenvalue weighted by Crippen LogP contribution is -2.48. The number of nitrogens with zero attached hydrogens (tertiary/aromatic N) is 2. The molecule has 1 aromatic heterocycles. The van der Waals surface area contributed by atoms with Crippen molar-refractivity contribution in [2.24, 2.45) is 7.05 Å². The minimum Gasteiger partial charge on any atom is -0.305 e. The standard InChI is InChI=1S/C14H22BrN3O/c1-4-10-13(15)11(18(3)17-10)9-12(19)14(5-2)7-6-8-16-14/h16H,4-9H2,1-3H3. The molecule has 1 fully saturated rings. The summed E-state index contributed by atoms with van der Waals surface area (Å²) in [6, 6.07) is 0. The monoisotopic (exact) mass is 327 g/mol. The van der Waals surface area contributed by atoms with E-state index < -0.39 is 0 Å². The topological polar surface area (TPSA) is 46.9 Å². The summed E-state index contributed by atoms with van der Waals surface area (Å²) in [6.45, 7) is 5.11. The van der Waals surface area contributed by atoms with Gasteiger partial charge in [0.25, 0.3) is 0 Å². The molecule has 0 radical (unpaired) electrons. The number of carbonyl (C=O) groups excluding carboxylic acids is 1. The molecular formula is C14H22BrN3O. The van der Waals surface area contributed by atoms with E-state index >= 15 is 0 Å². The van der Waals surface area contributed by atoms with Crippen molar-refractivity contribution in [3.63, 3.8) is 0 Å². The fourth-order valence-corrected chi connectivity index (χ4v) is 3.63. The second-order valence-corrected chi connectivity index (χ2v) is 6.04. The number of aryl methyl sites for hydroxylation is 2. The quantitative estimate of drug-likeness (QED) is 0.903. The van der Waals surface area contributed by atoms with E-state index in [1.54, 1.807) is 0 Å². The number of halogens is 1. The van der Waals surface area contributed by atoms with E-state index in [1.165, 1.54) is 0 Å². The Kier molecular flexibility index (Phi) is 4.46. The maximum absolute atomic E-state index is 12.6. The summed E-state index contributed by atoms with van der Waals surface area (Å²) in [5.41, 5.74) is 1.70. The van der Waals surface area contributed by atoms with Crippen LogP contribution in [0, 0.1) is 0 Å². The van der Waals surface area contributed by atoms with Crippen LogP contribution in [-0.4, -0.2) is 27.6 Å². The Bertz CT molecular complexity index is 475. The van der Waals surface area contributed by atoms with E-state index in [9.17, 15) is 4.79 Å². The molecule has 1 saturated heterocycles. The Hall–Kier alpha value is -0.680. The van der Waals surface area contributed by atoms with Gasteiger partial charge in [-0.05, 0) is 48.2 Å². The number of carbonyl (C=O) groups is 1. The van der Waals surface area contributed by atoms with E-state index in [1.807, 2.05) is 11.7 Å². The highest BCUT2D eigenvalue weighted by molar-refractivity contribution is 9.10. The highest BCUT2D eigenvalue weighted by atomic mass is 79.9. The Morgan fingerprint density at radius 3 is 2.74 bits per heavy atom. The molecule has 0 bridgehead atoms. The number of Topliss-reactive ketones (excluding diaryl/α,β-unsaturated/α-hetero) is 1. The van der Waals surface area contributed by atoms with Gasteiger partial charge >= 0.3 is 0 Å². The van der Waals surface area contributed by atoms with E-state index in [-0.39, 0.29) is 5.54 Å². The number of hydrogen-bond donors (Lipinski definition) is 1. The third-order valence-corrected chi connectivity index (χ3v) is 5.13. The lowest BCUT2D eigenvalue weighted by atomic mass is 9.87. The molecule has 2 rings (SSSR count). The van der Waals surface area contributed by atoms with Gasteiger partial charge in [0.15, 0.2) is 5.78 Å². The van der Waals surface area contributed by atoms with Crippen LogP contribution in [0.2, 0.25) is 0 Å². The van der Waals surface area contributed by atoms with Crippen molar-refractivity contribution in [2.45, 2.75) is 51.5 Å². The molecule has 1 aromatic rings. The molecule has 0 spiro atoms.